The maximum atomic E-state index is 11.0. The van der Waals surface area contributed by atoms with E-state index < -0.39 is 5.60 Å². The average molecular weight is 236 g/mol. The van der Waals surface area contributed by atoms with E-state index in [1.54, 1.807) is 0 Å². The second-order valence-corrected chi connectivity index (χ2v) is 5.18. The number of ether oxygens (including phenoxy) is 1. The summed E-state index contributed by atoms with van der Waals surface area (Å²) in [4.78, 5) is 11.0. The third-order valence-electron chi connectivity index (χ3n) is 3.02. The lowest BCUT2D eigenvalue weighted by molar-refractivity contribution is -0.163. The highest BCUT2D eigenvalue weighted by Crippen LogP contribution is 2.42. The van der Waals surface area contributed by atoms with Gasteiger partial charge in [0.1, 0.15) is 5.60 Å². The van der Waals surface area contributed by atoms with Crippen LogP contribution in [0.15, 0.2) is 0 Å². The highest BCUT2D eigenvalue weighted by molar-refractivity contribution is 5.85. The van der Waals surface area contributed by atoms with Crippen LogP contribution in [-0.4, -0.2) is 18.1 Å². The summed E-state index contributed by atoms with van der Waals surface area (Å²) in [5.74, 6) is -0.215. The van der Waals surface area contributed by atoms with E-state index in [-0.39, 0.29) is 23.8 Å². The van der Waals surface area contributed by atoms with Crippen LogP contribution in [0, 0.1) is 5.41 Å². The smallest absolute Gasteiger partial charge is 0.303 e. The van der Waals surface area contributed by atoms with Crippen LogP contribution in [0.5, 0.6) is 0 Å². The van der Waals surface area contributed by atoms with Gasteiger partial charge in [-0.25, -0.2) is 0 Å². The minimum Gasteiger partial charge on any atom is -0.458 e. The number of nitrogens with two attached hydrogens (primary N) is 1. The Bertz CT molecular complexity index is 231. The summed E-state index contributed by atoms with van der Waals surface area (Å²) >= 11 is 0. The fourth-order valence-corrected chi connectivity index (χ4v) is 2.55. The van der Waals surface area contributed by atoms with Gasteiger partial charge < -0.3 is 10.5 Å². The van der Waals surface area contributed by atoms with Crippen molar-refractivity contribution in [3.8, 4) is 0 Å². The number of rotatable bonds is 2. The molecule has 0 amide bonds. The van der Waals surface area contributed by atoms with E-state index >= 15 is 0 Å². The Morgan fingerprint density at radius 2 is 2.00 bits per heavy atom. The Hall–Kier alpha value is -0.280. The SMILES string of the molecule is CC(=O)OC1(CN)CCCC(C)(C)C1.Cl. The van der Waals surface area contributed by atoms with E-state index in [4.69, 9.17) is 10.5 Å². The van der Waals surface area contributed by atoms with Crippen molar-refractivity contribution < 1.29 is 9.53 Å². The summed E-state index contributed by atoms with van der Waals surface area (Å²) in [6.07, 6.45) is 4.08. The van der Waals surface area contributed by atoms with E-state index in [1.807, 2.05) is 0 Å². The molecule has 1 unspecified atom stereocenters. The molecule has 1 rings (SSSR count). The molecular weight excluding hydrogens is 214 g/mol. The summed E-state index contributed by atoms with van der Waals surface area (Å²) in [5, 5.41) is 0. The van der Waals surface area contributed by atoms with Crippen molar-refractivity contribution >= 4 is 18.4 Å². The van der Waals surface area contributed by atoms with Gasteiger partial charge >= 0.3 is 5.97 Å². The van der Waals surface area contributed by atoms with E-state index in [0.29, 0.717) is 6.54 Å². The van der Waals surface area contributed by atoms with Crippen molar-refractivity contribution in [3.05, 3.63) is 0 Å². The molecule has 15 heavy (non-hydrogen) atoms. The van der Waals surface area contributed by atoms with Gasteiger partial charge in [-0.05, 0) is 31.1 Å². The first-order valence-electron chi connectivity index (χ1n) is 5.29. The second-order valence-electron chi connectivity index (χ2n) is 5.18. The van der Waals surface area contributed by atoms with E-state index in [9.17, 15) is 4.79 Å². The largest absolute Gasteiger partial charge is 0.458 e. The van der Waals surface area contributed by atoms with Crippen molar-refractivity contribution in [3.63, 3.8) is 0 Å². The van der Waals surface area contributed by atoms with Gasteiger partial charge in [0, 0.05) is 13.5 Å². The Morgan fingerprint density at radius 3 is 2.40 bits per heavy atom. The van der Waals surface area contributed by atoms with Crippen molar-refractivity contribution in [2.75, 3.05) is 6.54 Å². The zero-order valence-corrected chi connectivity index (χ0v) is 10.7. The molecule has 1 saturated carbocycles. The molecule has 3 nitrogen and oxygen atoms in total. The van der Waals surface area contributed by atoms with E-state index in [0.717, 1.165) is 19.3 Å². The van der Waals surface area contributed by atoms with Crippen molar-refractivity contribution in [1.82, 2.24) is 0 Å². The molecule has 0 aliphatic heterocycles. The summed E-state index contributed by atoms with van der Waals surface area (Å²) in [5.41, 5.74) is 5.58. The molecule has 1 fully saturated rings. The Labute approximate surface area is 98.2 Å². The molecular formula is C11H22ClNO2. The molecule has 1 atom stereocenters. The highest BCUT2D eigenvalue weighted by Gasteiger charge is 2.41. The number of halogens is 1. The molecule has 0 heterocycles. The molecule has 0 saturated heterocycles. The van der Waals surface area contributed by atoms with Gasteiger partial charge in [0.05, 0.1) is 0 Å². The predicted octanol–water partition coefficient (Wildman–Crippen LogP) is 2.27. The summed E-state index contributed by atoms with van der Waals surface area (Å²) in [6.45, 7) is 6.31. The van der Waals surface area contributed by atoms with Gasteiger partial charge in [-0.2, -0.15) is 0 Å². The first-order chi connectivity index (χ1) is 6.39. The molecule has 0 radical (unpaired) electrons. The number of carbonyl (C=O) groups excluding carboxylic acids is 1. The monoisotopic (exact) mass is 235 g/mol. The predicted molar refractivity (Wildman–Crippen MR) is 63.0 cm³/mol. The average Bonchev–Trinajstić information content (AvgIpc) is 2.01. The summed E-state index contributed by atoms with van der Waals surface area (Å²) in [6, 6.07) is 0. The maximum Gasteiger partial charge on any atom is 0.303 e. The van der Waals surface area contributed by atoms with Crippen LogP contribution in [-0.2, 0) is 9.53 Å². The minimum absolute atomic E-state index is 0. The standard InChI is InChI=1S/C11H21NO2.ClH/c1-9(13)14-11(8-12)6-4-5-10(2,3)7-11;/h4-8,12H2,1-3H3;1H. The molecule has 1 aliphatic rings. The Kier molecular flexibility index (Phi) is 5.07. The van der Waals surface area contributed by atoms with Gasteiger partial charge in [-0.3, -0.25) is 4.79 Å². The van der Waals surface area contributed by atoms with Crippen LogP contribution in [0.25, 0.3) is 0 Å². The lowest BCUT2D eigenvalue weighted by Gasteiger charge is -2.43. The summed E-state index contributed by atoms with van der Waals surface area (Å²) in [7, 11) is 0. The Morgan fingerprint density at radius 1 is 1.40 bits per heavy atom. The number of carbonyl (C=O) groups is 1. The number of hydrogen-bond acceptors (Lipinski definition) is 3. The molecule has 90 valence electrons. The van der Waals surface area contributed by atoms with Crippen molar-refractivity contribution in [2.45, 2.75) is 52.1 Å². The minimum atomic E-state index is -0.395. The van der Waals surface area contributed by atoms with E-state index in [2.05, 4.69) is 13.8 Å². The van der Waals surface area contributed by atoms with Crippen molar-refractivity contribution in [2.24, 2.45) is 11.1 Å². The maximum absolute atomic E-state index is 11.0. The van der Waals surface area contributed by atoms with Crippen LogP contribution < -0.4 is 5.73 Å². The van der Waals surface area contributed by atoms with Crippen LogP contribution >= 0.6 is 12.4 Å². The van der Waals surface area contributed by atoms with Gasteiger partial charge in [0.2, 0.25) is 0 Å². The highest BCUT2D eigenvalue weighted by atomic mass is 35.5. The molecule has 0 bridgehead atoms. The zero-order chi connectivity index (χ0) is 10.8. The molecule has 0 aromatic heterocycles. The molecule has 0 spiro atoms. The normalized spacial score (nSPS) is 29.1. The quantitative estimate of drug-likeness (QED) is 0.747. The first-order valence-corrected chi connectivity index (χ1v) is 5.29. The molecule has 0 aromatic rings. The molecule has 0 aromatic carbocycles. The Balaban J connectivity index is 0.00000196. The number of esters is 1. The van der Waals surface area contributed by atoms with Gasteiger partial charge in [-0.15, -0.1) is 12.4 Å². The fraction of sp³-hybridized carbons (Fsp3) is 0.909. The first kappa shape index (κ1) is 14.7. The van der Waals surface area contributed by atoms with Gasteiger partial charge in [0.15, 0.2) is 0 Å². The number of hydrogen-bond donors (Lipinski definition) is 1. The van der Waals surface area contributed by atoms with Crippen LogP contribution in [0.2, 0.25) is 0 Å². The topological polar surface area (TPSA) is 52.3 Å². The van der Waals surface area contributed by atoms with Crippen LogP contribution in [0.1, 0.15) is 46.5 Å². The molecule has 2 N–H and O–H groups in total. The van der Waals surface area contributed by atoms with E-state index in [1.165, 1.54) is 13.3 Å². The summed E-state index contributed by atoms with van der Waals surface area (Å²) < 4.78 is 5.40. The molecule has 1 aliphatic carbocycles. The third-order valence-corrected chi connectivity index (χ3v) is 3.02. The van der Waals surface area contributed by atoms with Crippen LogP contribution in [0.4, 0.5) is 0 Å². The second kappa shape index (κ2) is 5.17. The lowest BCUT2D eigenvalue weighted by Crippen LogP contribution is -2.48. The van der Waals surface area contributed by atoms with Gasteiger partial charge in [-0.1, -0.05) is 13.8 Å². The third kappa shape index (κ3) is 3.99. The van der Waals surface area contributed by atoms with Crippen LogP contribution in [0.3, 0.4) is 0 Å². The van der Waals surface area contributed by atoms with Gasteiger partial charge in [0.25, 0.3) is 0 Å². The van der Waals surface area contributed by atoms with Crippen molar-refractivity contribution in [1.29, 1.82) is 0 Å². The lowest BCUT2D eigenvalue weighted by atomic mass is 9.69. The fourth-order valence-electron chi connectivity index (χ4n) is 2.55. The zero-order valence-electron chi connectivity index (χ0n) is 9.84. The molecule has 4 heteroatoms.